The van der Waals surface area contributed by atoms with E-state index in [9.17, 15) is 13.2 Å². The standard InChI is InChI=1S/C13H15ClN4O5S/c1-7(18-8(2)15-16-17-18)6-23-12-10(24(3,21)22)5-4-9(11(12)14)13(19)20/h4-5,7H,6H2,1-3H3,(H,19,20). The van der Waals surface area contributed by atoms with Gasteiger partial charge in [-0.1, -0.05) is 11.6 Å². The molecule has 1 heterocycles. The van der Waals surface area contributed by atoms with Crippen LogP contribution >= 0.6 is 11.6 Å². The Hall–Kier alpha value is -2.20. The number of carboxylic acid groups (broad SMARTS) is 1. The Bertz CT molecular complexity index is 880. The Morgan fingerprint density at radius 3 is 2.62 bits per heavy atom. The zero-order chi connectivity index (χ0) is 18.1. The number of ether oxygens (including phenoxy) is 1. The van der Waals surface area contributed by atoms with E-state index in [1.807, 2.05) is 0 Å². The largest absolute Gasteiger partial charge is 0.488 e. The zero-order valence-corrected chi connectivity index (χ0v) is 14.7. The van der Waals surface area contributed by atoms with Crippen LogP contribution in [0.3, 0.4) is 0 Å². The van der Waals surface area contributed by atoms with Crippen LogP contribution in [-0.2, 0) is 9.84 Å². The molecule has 1 atom stereocenters. The van der Waals surface area contributed by atoms with Crippen LogP contribution in [-0.4, -0.2) is 52.6 Å². The normalized spacial score (nSPS) is 12.8. The molecule has 0 saturated heterocycles. The molecule has 0 aliphatic heterocycles. The number of aryl methyl sites for hydroxylation is 1. The van der Waals surface area contributed by atoms with Gasteiger partial charge in [0.05, 0.1) is 16.6 Å². The summed E-state index contributed by atoms with van der Waals surface area (Å²) in [6, 6.07) is 1.97. The van der Waals surface area contributed by atoms with Gasteiger partial charge in [0.2, 0.25) is 0 Å². The van der Waals surface area contributed by atoms with Gasteiger partial charge in [-0.3, -0.25) is 0 Å². The molecule has 9 nitrogen and oxygen atoms in total. The third-order valence-electron chi connectivity index (χ3n) is 3.23. The predicted molar refractivity (Wildman–Crippen MR) is 84.3 cm³/mol. The van der Waals surface area contributed by atoms with Gasteiger partial charge in [0.25, 0.3) is 0 Å². The van der Waals surface area contributed by atoms with Crippen molar-refractivity contribution in [3.05, 3.63) is 28.5 Å². The summed E-state index contributed by atoms with van der Waals surface area (Å²) in [7, 11) is -3.66. The number of carbonyl (C=O) groups is 1. The van der Waals surface area contributed by atoms with Gasteiger partial charge in [0.15, 0.2) is 15.6 Å². The molecule has 0 fully saturated rings. The molecule has 1 aromatic heterocycles. The minimum atomic E-state index is -3.66. The first kappa shape index (κ1) is 18.1. The van der Waals surface area contributed by atoms with Gasteiger partial charge >= 0.3 is 5.97 Å². The molecule has 2 rings (SSSR count). The first-order valence-corrected chi connectivity index (χ1v) is 9.03. The van der Waals surface area contributed by atoms with Crippen LogP contribution in [0.2, 0.25) is 5.02 Å². The Morgan fingerprint density at radius 2 is 2.12 bits per heavy atom. The highest BCUT2D eigenvalue weighted by atomic mass is 35.5. The van der Waals surface area contributed by atoms with E-state index in [1.54, 1.807) is 13.8 Å². The number of sulfone groups is 1. The highest BCUT2D eigenvalue weighted by Crippen LogP contribution is 2.35. The van der Waals surface area contributed by atoms with E-state index >= 15 is 0 Å². The lowest BCUT2D eigenvalue weighted by Crippen LogP contribution is -2.18. The minimum absolute atomic E-state index is 0.00279. The van der Waals surface area contributed by atoms with E-state index in [1.165, 1.54) is 4.68 Å². The van der Waals surface area contributed by atoms with Crippen molar-refractivity contribution in [3.63, 3.8) is 0 Å². The number of hydrogen-bond acceptors (Lipinski definition) is 7. The summed E-state index contributed by atoms with van der Waals surface area (Å²) >= 11 is 6.04. The average Bonchev–Trinajstić information content (AvgIpc) is 2.90. The van der Waals surface area contributed by atoms with Gasteiger partial charge in [0.1, 0.15) is 17.3 Å². The zero-order valence-electron chi connectivity index (χ0n) is 13.1. The van der Waals surface area contributed by atoms with Gasteiger partial charge < -0.3 is 9.84 Å². The molecule has 1 unspecified atom stereocenters. The SMILES string of the molecule is Cc1nnnn1C(C)COc1c(S(C)(=O)=O)ccc(C(=O)O)c1Cl. The third kappa shape index (κ3) is 3.65. The Labute approximate surface area is 143 Å². The fourth-order valence-electron chi connectivity index (χ4n) is 2.05. The molecule has 24 heavy (non-hydrogen) atoms. The van der Waals surface area contributed by atoms with E-state index in [0.717, 1.165) is 18.4 Å². The van der Waals surface area contributed by atoms with Gasteiger partial charge in [-0.05, 0) is 36.4 Å². The minimum Gasteiger partial charge on any atom is -0.488 e. The fourth-order valence-corrected chi connectivity index (χ4v) is 3.22. The van der Waals surface area contributed by atoms with Crippen molar-refractivity contribution in [3.8, 4) is 5.75 Å². The van der Waals surface area contributed by atoms with Crippen LogP contribution < -0.4 is 4.74 Å². The van der Waals surface area contributed by atoms with Crippen molar-refractivity contribution < 1.29 is 23.1 Å². The van der Waals surface area contributed by atoms with Crippen molar-refractivity contribution in [2.75, 3.05) is 12.9 Å². The monoisotopic (exact) mass is 374 g/mol. The second kappa shape index (κ2) is 6.73. The van der Waals surface area contributed by atoms with Crippen LogP contribution in [0.1, 0.15) is 29.1 Å². The number of halogens is 1. The molecule has 0 amide bonds. The average molecular weight is 375 g/mol. The molecule has 0 aliphatic carbocycles. The van der Waals surface area contributed by atoms with Gasteiger partial charge in [-0.25, -0.2) is 17.9 Å². The van der Waals surface area contributed by atoms with Gasteiger partial charge in [0, 0.05) is 6.26 Å². The van der Waals surface area contributed by atoms with Crippen molar-refractivity contribution >= 4 is 27.4 Å². The first-order valence-electron chi connectivity index (χ1n) is 6.76. The molecule has 2 aromatic rings. The molecular weight excluding hydrogens is 360 g/mol. The van der Waals surface area contributed by atoms with Crippen molar-refractivity contribution in [2.24, 2.45) is 0 Å². The summed E-state index contributed by atoms with van der Waals surface area (Å²) in [5.41, 5.74) is -0.245. The Kier molecular flexibility index (Phi) is 5.09. The van der Waals surface area contributed by atoms with Crippen LogP contribution in [0.4, 0.5) is 0 Å². The lowest BCUT2D eigenvalue weighted by molar-refractivity contribution is 0.0696. The number of aromatic nitrogens is 4. The Balaban J connectivity index is 2.39. The molecule has 0 spiro atoms. The maximum absolute atomic E-state index is 11.9. The molecule has 130 valence electrons. The molecule has 0 saturated carbocycles. The van der Waals surface area contributed by atoms with Crippen LogP contribution in [0.5, 0.6) is 5.75 Å². The smallest absolute Gasteiger partial charge is 0.337 e. The number of carboxylic acids is 1. The quantitative estimate of drug-likeness (QED) is 0.803. The number of nitrogens with zero attached hydrogens (tertiary/aromatic N) is 4. The van der Waals surface area contributed by atoms with Crippen molar-refractivity contribution in [1.82, 2.24) is 20.2 Å². The summed E-state index contributed by atoms with van der Waals surface area (Å²) in [4.78, 5) is 11.0. The first-order chi connectivity index (χ1) is 11.1. The molecule has 0 radical (unpaired) electrons. The van der Waals surface area contributed by atoms with Gasteiger partial charge in [-0.15, -0.1) is 5.10 Å². The molecule has 11 heteroatoms. The second-order valence-electron chi connectivity index (χ2n) is 5.16. The second-order valence-corrected chi connectivity index (χ2v) is 7.52. The number of hydrogen-bond donors (Lipinski definition) is 1. The van der Waals surface area contributed by atoms with E-state index in [4.69, 9.17) is 21.4 Å². The summed E-state index contributed by atoms with van der Waals surface area (Å²) in [6.07, 6.45) is 0.987. The fraction of sp³-hybridized carbons (Fsp3) is 0.385. The van der Waals surface area contributed by atoms with E-state index < -0.39 is 15.8 Å². The van der Waals surface area contributed by atoms with E-state index in [2.05, 4.69) is 15.5 Å². The number of aromatic carboxylic acids is 1. The summed E-state index contributed by atoms with van der Waals surface area (Å²) in [5.74, 6) is -0.925. The van der Waals surface area contributed by atoms with Gasteiger partial charge in [-0.2, -0.15) is 0 Å². The van der Waals surface area contributed by atoms with E-state index in [0.29, 0.717) is 5.82 Å². The highest BCUT2D eigenvalue weighted by Gasteiger charge is 2.24. The topological polar surface area (TPSA) is 124 Å². The maximum atomic E-state index is 11.9. The number of rotatable bonds is 6. The lowest BCUT2D eigenvalue weighted by Gasteiger charge is -2.17. The van der Waals surface area contributed by atoms with Crippen molar-refractivity contribution in [1.29, 1.82) is 0 Å². The number of tetrazole rings is 1. The highest BCUT2D eigenvalue weighted by molar-refractivity contribution is 7.90. The molecule has 0 aliphatic rings. The van der Waals surface area contributed by atoms with E-state index in [-0.39, 0.29) is 33.9 Å². The molecular formula is C13H15ClN4O5S. The maximum Gasteiger partial charge on any atom is 0.337 e. The van der Waals surface area contributed by atoms with Crippen LogP contribution in [0.25, 0.3) is 0 Å². The summed E-state index contributed by atoms with van der Waals surface area (Å²) in [5, 5.41) is 19.9. The predicted octanol–water partition coefficient (Wildman–Crippen LogP) is 1.38. The van der Waals surface area contributed by atoms with Crippen molar-refractivity contribution in [2.45, 2.75) is 24.8 Å². The Morgan fingerprint density at radius 1 is 1.46 bits per heavy atom. The third-order valence-corrected chi connectivity index (χ3v) is 4.73. The number of benzene rings is 1. The van der Waals surface area contributed by atoms with Crippen LogP contribution in [0.15, 0.2) is 17.0 Å². The van der Waals surface area contributed by atoms with Crippen LogP contribution in [0, 0.1) is 6.92 Å². The lowest BCUT2D eigenvalue weighted by atomic mass is 10.2. The summed E-state index contributed by atoms with van der Waals surface area (Å²) < 4.78 is 30.8. The molecule has 0 bridgehead atoms. The summed E-state index contributed by atoms with van der Waals surface area (Å²) in [6.45, 7) is 3.46. The molecule has 1 N–H and O–H groups in total. The molecule has 1 aromatic carbocycles.